The van der Waals surface area contributed by atoms with E-state index in [4.69, 9.17) is 23.2 Å². The Bertz CT molecular complexity index is 617. The van der Waals surface area contributed by atoms with Crippen molar-refractivity contribution in [1.82, 2.24) is 20.1 Å². The first-order valence-electron chi connectivity index (χ1n) is 7.26. The van der Waals surface area contributed by atoms with Gasteiger partial charge in [-0.15, -0.1) is 12.4 Å². The van der Waals surface area contributed by atoms with Gasteiger partial charge in [0.15, 0.2) is 5.82 Å². The van der Waals surface area contributed by atoms with Crippen LogP contribution in [-0.2, 0) is 19.5 Å². The molecule has 1 aromatic carbocycles. The molecule has 1 aromatic heterocycles. The number of benzene rings is 1. The lowest BCUT2D eigenvalue weighted by Crippen LogP contribution is -2.19. The van der Waals surface area contributed by atoms with Crippen molar-refractivity contribution in [3.8, 4) is 0 Å². The molecule has 1 fully saturated rings. The van der Waals surface area contributed by atoms with Crippen molar-refractivity contribution in [3.63, 3.8) is 0 Å². The van der Waals surface area contributed by atoms with E-state index in [1.165, 1.54) is 12.8 Å². The molecule has 4 nitrogen and oxygen atoms in total. The maximum atomic E-state index is 6.21. The van der Waals surface area contributed by atoms with Gasteiger partial charge >= 0.3 is 0 Å². The minimum absolute atomic E-state index is 0. The second-order valence-corrected chi connectivity index (χ2v) is 6.11. The molecule has 0 aliphatic heterocycles. The van der Waals surface area contributed by atoms with E-state index in [0.29, 0.717) is 22.5 Å². The summed E-state index contributed by atoms with van der Waals surface area (Å²) in [5, 5.41) is 9.35. The summed E-state index contributed by atoms with van der Waals surface area (Å²) in [6.45, 7) is 3.65. The van der Waals surface area contributed by atoms with E-state index in [1.807, 2.05) is 22.9 Å². The summed E-state index contributed by atoms with van der Waals surface area (Å²) < 4.78 is 1.94. The highest BCUT2D eigenvalue weighted by Gasteiger charge is 2.21. The first kappa shape index (κ1) is 17.5. The van der Waals surface area contributed by atoms with Crippen molar-refractivity contribution in [2.75, 3.05) is 0 Å². The first-order valence-corrected chi connectivity index (χ1v) is 8.02. The Balaban J connectivity index is 0.00000176. The van der Waals surface area contributed by atoms with Crippen molar-refractivity contribution in [1.29, 1.82) is 0 Å². The van der Waals surface area contributed by atoms with Crippen LogP contribution in [0.5, 0.6) is 0 Å². The molecule has 0 atom stereocenters. The lowest BCUT2D eigenvalue weighted by Gasteiger charge is -2.03. The fourth-order valence-electron chi connectivity index (χ4n) is 2.27. The smallest absolute Gasteiger partial charge is 0.155 e. The van der Waals surface area contributed by atoms with E-state index in [2.05, 4.69) is 22.3 Å². The number of halogens is 3. The molecule has 1 aliphatic rings. The van der Waals surface area contributed by atoms with Crippen LogP contribution in [0, 0.1) is 0 Å². The summed E-state index contributed by atoms with van der Waals surface area (Å²) in [5.41, 5.74) is 0.885. The number of hydrogen-bond donors (Lipinski definition) is 1. The van der Waals surface area contributed by atoms with Crippen LogP contribution >= 0.6 is 35.6 Å². The van der Waals surface area contributed by atoms with Gasteiger partial charge in [-0.05, 0) is 37.5 Å². The second-order valence-electron chi connectivity index (χ2n) is 5.29. The zero-order valence-electron chi connectivity index (χ0n) is 12.4. The van der Waals surface area contributed by atoms with Gasteiger partial charge in [0.2, 0.25) is 0 Å². The molecule has 7 heteroatoms. The van der Waals surface area contributed by atoms with Crippen LogP contribution < -0.4 is 5.32 Å². The zero-order valence-corrected chi connectivity index (χ0v) is 14.7. The number of hydrogen-bond acceptors (Lipinski definition) is 3. The molecule has 1 N–H and O–H groups in total. The predicted octanol–water partition coefficient (Wildman–Crippen LogP) is 3.87. The summed E-state index contributed by atoms with van der Waals surface area (Å²) in [7, 11) is 0. The maximum absolute atomic E-state index is 6.21. The predicted molar refractivity (Wildman–Crippen MR) is 92.1 cm³/mol. The molecule has 3 rings (SSSR count). The van der Waals surface area contributed by atoms with E-state index < -0.39 is 0 Å². The van der Waals surface area contributed by atoms with Gasteiger partial charge in [-0.1, -0.05) is 29.3 Å². The molecule has 0 radical (unpaired) electrons. The highest BCUT2D eigenvalue weighted by molar-refractivity contribution is 6.36. The summed E-state index contributed by atoms with van der Waals surface area (Å²) in [6.07, 6.45) is 3.09. The molecular weight excluding hydrogens is 343 g/mol. The van der Waals surface area contributed by atoms with Gasteiger partial charge in [0.25, 0.3) is 0 Å². The Hall–Kier alpha value is -0.810. The van der Waals surface area contributed by atoms with E-state index >= 15 is 0 Å². The van der Waals surface area contributed by atoms with Crippen LogP contribution in [0.15, 0.2) is 18.2 Å². The van der Waals surface area contributed by atoms with Crippen molar-refractivity contribution in [3.05, 3.63) is 45.5 Å². The van der Waals surface area contributed by atoms with Crippen molar-refractivity contribution in [2.24, 2.45) is 0 Å². The van der Waals surface area contributed by atoms with Gasteiger partial charge in [0, 0.05) is 29.1 Å². The quantitative estimate of drug-likeness (QED) is 0.849. The number of nitrogens with zero attached hydrogens (tertiary/aromatic N) is 3. The average Bonchev–Trinajstić information content (AvgIpc) is 3.21. The van der Waals surface area contributed by atoms with E-state index in [1.54, 1.807) is 0 Å². The van der Waals surface area contributed by atoms with Gasteiger partial charge in [-0.2, -0.15) is 5.10 Å². The number of aromatic nitrogens is 3. The van der Waals surface area contributed by atoms with Crippen LogP contribution in [-0.4, -0.2) is 20.8 Å². The molecule has 1 heterocycles. The van der Waals surface area contributed by atoms with E-state index in [9.17, 15) is 0 Å². The Kier molecular flexibility index (Phi) is 6.09. The Morgan fingerprint density at radius 3 is 2.55 bits per heavy atom. The Morgan fingerprint density at radius 2 is 1.95 bits per heavy atom. The lowest BCUT2D eigenvalue weighted by atomic mass is 10.1. The number of nitrogens with one attached hydrogen (secondary N) is 1. The molecule has 0 saturated heterocycles. The maximum Gasteiger partial charge on any atom is 0.155 e. The SMILES string of the molecule is CCn1nc(Cc2c(Cl)cccc2Cl)nc1CNC1CC1.Cl. The van der Waals surface area contributed by atoms with Gasteiger partial charge in [0.1, 0.15) is 5.82 Å². The van der Waals surface area contributed by atoms with Crippen LogP contribution in [0.2, 0.25) is 10.0 Å². The van der Waals surface area contributed by atoms with Crippen molar-refractivity contribution >= 4 is 35.6 Å². The highest BCUT2D eigenvalue weighted by Crippen LogP contribution is 2.26. The van der Waals surface area contributed by atoms with Crippen molar-refractivity contribution < 1.29 is 0 Å². The van der Waals surface area contributed by atoms with Gasteiger partial charge in [-0.3, -0.25) is 0 Å². The molecule has 0 amide bonds. The van der Waals surface area contributed by atoms with E-state index in [-0.39, 0.29) is 12.4 Å². The fourth-order valence-corrected chi connectivity index (χ4v) is 2.80. The molecule has 1 aliphatic carbocycles. The third-order valence-corrected chi connectivity index (χ3v) is 4.32. The first-order chi connectivity index (χ1) is 10.2. The largest absolute Gasteiger partial charge is 0.307 e. The third kappa shape index (κ3) is 4.13. The topological polar surface area (TPSA) is 42.7 Å². The fraction of sp³-hybridized carbons (Fsp3) is 0.467. The van der Waals surface area contributed by atoms with Crippen LogP contribution in [0.25, 0.3) is 0 Å². The summed E-state index contributed by atoms with van der Waals surface area (Å²) in [4.78, 5) is 4.63. The number of aryl methyl sites for hydroxylation is 1. The summed E-state index contributed by atoms with van der Waals surface area (Å²) in [5.74, 6) is 1.74. The average molecular weight is 362 g/mol. The molecule has 1 saturated carbocycles. The zero-order chi connectivity index (χ0) is 14.8. The molecule has 22 heavy (non-hydrogen) atoms. The number of rotatable bonds is 6. The minimum Gasteiger partial charge on any atom is -0.307 e. The van der Waals surface area contributed by atoms with Gasteiger partial charge in [0.05, 0.1) is 6.54 Å². The highest BCUT2D eigenvalue weighted by atomic mass is 35.5. The van der Waals surface area contributed by atoms with Gasteiger partial charge < -0.3 is 5.32 Å². The van der Waals surface area contributed by atoms with Crippen LogP contribution in [0.1, 0.15) is 37.0 Å². The minimum atomic E-state index is 0. The Labute approximate surface area is 146 Å². The molecular formula is C15H19Cl3N4. The molecule has 0 bridgehead atoms. The normalized spacial score (nSPS) is 14.0. The summed E-state index contributed by atoms with van der Waals surface area (Å²) >= 11 is 12.4. The molecule has 0 unspecified atom stereocenters. The second kappa shape index (κ2) is 7.64. The lowest BCUT2D eigenvalue weighted by molar-refractivity contribution is 0.569. The summed E-state index contributed by atoms with van der Waals surface area (Å²) in [6, 6.07) is 6.19. The monoisotopic (exact) mass is 360 g/mol. The van der Waals surface area contributed by atoms with Gasteiger partial charge in [-0.25, -0.2) is 9.67 Å². The standard InChI is InChI=1S/C15H18Cl2N4.ClH/c1-2-21-15(9-18-10-6-7-10)19-14(20-21)8-11-12(16)4-3-5-13(11)17;/h3-5,10,18H,2,6-9H2,1H3;1H. The van der Waals surface area contributed by atoms with E-state index in [0.717, 1.165) is 30.3 Å². The molecule has 0 spiro atoms. The molecule has 120 valence electrons. The van der Waals surface area contributed by atoms with Crippen LogP contribution in [0.4, 0.5) is 0 Å². The third-order valence-electron chi connectivity index (χ3n) is 3.61. The molecule has 2 aromatic rings. The van der Waals surface area contributed by atoms with Crippen LogP contribution in [0.3, 0.4) is 0 Å². The Morgan fingerprint density at radius 1 is 1.27 bits per heavy atom. The van der Waals surface area contributed by atoms with Crippen molar-refractivity contribution in [2.45, 2.75) is 45.3 Å².